The molecule has 2 heterocycles. The molecule has 0 unspecified atom stereocenters. The van der Waals surface area contributed by atoms with Crippen LogP contribution in [0.3, 0.4) is 0 Å². The average molecular weight is 373 g/mol. The lowest BCUT2D eigenvalue weighted by Crippen LogP contribution is -2.46. The van der Waals surface area contributed by atoms with Gasteiger partial charge >= 0.3 is 6.09 Å². The molecule has 27 heavy (non-hydrogen) atoms. The SMILES string of the molecule is C[C@H](NC(=O)OC(C)(C)C)C(=O)Nn1cccc1C(=O)Nc1ccccn1. The fourth-order valence-electron chi connectivity index (χ4n) is 2.05. The van der Waals surface area contributed by atoms with Gasteiger partial charge in [0.1, 0.15) is 23.2 Å². The molecule has 144 valence electrons. The summed E-state index contributed by atoms with van der Waals surface area (Å²) in [5.74, 6) is -0.558. The lowest BCUT2D eigenvalue weighted by atomic mass is 10.2. The molecule has 0 aliphatic carbocycles. The van der Waals surface area contributed by atoms with Crippen molar-refractivity contribution in [3.8, 4) is 0 Å². The molecule has 2 aromatic rings. The van der Waals surface area contributed by atoms with E-state index in [0.717, 1.165) is 0 Å². The molecular weight excluding hydrogens is 350 g/mol. The molecule has 0 spiro atoms. The van der Waals surface area contributed by atoms with E-state index in [9.17, 15) is 14.4 Å². The third kappa shape index (κ3) is 6.14. The Balaban J connectivity index is 1.97. The van der Waals surface area contributed by atoms with Gasteiger partial charge in [0.05, 0.1) is 0 Å². The monoisotopic (exact) mass is 373 g/mol. The summed E-state index contributed by atoms with van der Waals surface area (Å²) in [5, 5.41) is 5.07. The van der Waals surface area contributed by atoms with E-state index in [4.69, 9.17) is 4.74 Å². The van der Waals surface area contributed by atoms with Crippen LogP contribution in [0.4, 0.5) is 10.6 Å². The highest BCUT2D eigenvalue weighted by atomic mass is 16.6. The molecule has 3 amide bonds. The van der Waals surface area contributed by atoms with Gasteiger partial charge in [-0.25, -0.2) is 9.78 Å². The van der Waals surface area contributed by atoms with E-state index in [0.29, 0.717) is 5.82 Å². The normalized spacial score (nSPS) is 12.0. The van der Waals surface area contributed by atoms with Gasteiger partial charge < -0.3 is 15.4 Å². The van der Waals surface area contributed by atoms with E-state index in [1.807, 2.05) is 0 Å². The fourth-order valence-corrected chi connectivity index (χ4v) is 2.05. The zero-order valence-corrected chi connectivity index (χ0v) is 15.6. The van der Waals surface area contributed by atoms with Crippen LogP contribution in [0, 0.1) is 0 Å². The molecule has 0 radical (unpaired) electrons. The van der Waals surface area contributed by atoms with Crippen molar-refractivity contribution in [1.82, 2.24) is 15.0 Å². The quantitative estimate of drug-likeness (QED) is 0.743. The van der Waals surface area contributed by atoms with E-state index in [2.05, 4.69) is 21.0 Å². The van der Waals surface area contributed by atoms with Crippen LogP contribution in [0.25, 0.3) is 0 Å². The summed E-state index contributed by atoms with van der Waals surface area (Å²) in [6, 6.07) is 7.42. The topological polar surface area (TPSA) is 114 Å². The minimum Gasteiger partial charge on any atom is -0.444 e. The van der Waals surface area contributed by atoms with Crippen molar-refractivity contribution >= 4 is 23.7 Å². The number of nitrogens with one attached hydrogen (secondary N) is 3. The Morgan fingerprint density at radius 1 is 1.15 bits per heavy atom. The zero-order chi connectivity index (χ0) is 20.0. The van der Waals surface area contributed by atoms with Crippen molar-refractivity contribution < 1.29 is 19.1 Å². The molecule has 0 saturated heterocycles. The first-order chi connectivity index (χ1) is 12.7. The van der Waals surface area contributed by atoms with Crippen molar-refractivity contribution in [3.63, 3.8) is 0 Å². The second-order valence-electron chi connectivity index (χ2n) is 6.78. The highest BCUT2D eigenvalue weighted by Crippen LogP contribution is 2.08. The van der Waals surface area contributed by atoms with Crippen LogP contribution in [0.5, 0.6) is 0 Å². The van der Waals surface area contributed by atoms with Crippen LogP contribution in [0.2, 0.25) is 0 Å². The van der Waals surface area contributed by atoms with Crippen LogP contribution in [0.1, 0.15) is 38.2 Å². The molecule has 1 atom stereocenters. The number of rotatable bonds is 5. The number of alkyl carbamates (subject to hydrolysis) is 1. The minimum absolute atomic E-state index is 0.207. The molecule has 0 saturated carbocycles. The summed E-state index contributed by atoms with van der Waals surface area (Å²) < 4.78 is 6.39. The maximum Gasteiger partial charge on any atom is 0.408 e. The standard InChI is InChI=1S/C18H23N5O4/c1-12(20-17(26)27-18(2,3)4)15(24)22-23-11-7-8-13(23)16(25)21-14-9-5-6-10-19-14/h5-12H,1-4H3,(H,20,26)(H,22,24)(H,19,21,25)/t12-/m0/s1. The molecule has 9 heteroatoms. The van der Waals surface area contributed by atoms with Gasteiger partial charge in [-0.05, 0) is 52.0 Å². The Morgan fingerprint density at radius 2 is 1.89 bits per heavy atom. The van der Waals surface area contributed by atoms with Crippen molar-refractivity contribution in [2.75, 3.05) is 10.7 Å². The van der Waals surface area contributed by atoms with Gasteiger partial charge in [0.2, 0.25) is 0 Å². The van der Waals surface area contributed by atoms with Crippen LogP contribution in [-0.2, 0) is 9.53 Å². The number of aromatic nitrogens is 2. The highest BCUT2D eigenvalue weighted by molar-refractivity contribution is 6.03. The number of carbonyl (C=O) groups is 3. The largest absolute Gasteiger partial charge is 0.444 e. The Hall–Kier alpha value is -3.36. The predicted octanol–water partition coefficient (Wildman–Crippen LogP) is 2.12. The van der Waals surface area contributed by atoms with Crippen molar-refractivity contribution in [3.05, 3.63) is 48.4 Å². The average Bonchev–Trinajstić information content (AvgIpc) is 3.02. The summed E-state index contributed by atoms with van der Waals surface area (Å²) in [6.45, 7) is 6.69. The van der Waals surface area contributed by atoms with Gasteiger partial charge in [0, 0.05) is 12.4 Å². The Kier molecular flexibility index (Phi) is 6.17. The van der Waals surface area contributed by atoms with Crippen LogP contribution < -0.4 is 16.1 Å². The number of hydrogen-bond acceptors (Lipinski definition) is 5. The van der Waals surface area contributed by atoms with E-state index < -0.39 is 29.6 Å². The zero-order valence-electron chi connectivity index (χ0n) is 15.6. The highest BCUT2D eigenvalue weighted by Gasteiger charge is 2.22. The second kappa shape index (κ2) is 8.35. The first-order valence-corrected chi connectivity index (χ1v) is 8.36. The van der Waals surface area contributed by atoms with Gasteiger partial charge in [-0.2, -0.15) is 0 Å². The third-order valence-corrected chi connectivity index (χ3v) is 3.25. The number of carbonyl (C=O) groups excluding carboxylic acids is 3. The smallest absolute Gasteiger partial charge is 0.408 e. The molecule has 0 aliphatic rings. The summed E-state index contributed by atoms with van der Waals surface area (Å²) >= 11 is 0. The summed E-state index contributed by atoms with van der Waals surface area (Å²) in [6.07, 6.45) is 2.37. The van der Waals surface area contributed by atoms with Gasteiger partial charge in [0.25, 0.3) is 11.8 Å². The fraction of sp³-hybridized carbons (Fsp3) is 0.333. The summed E-state index contributed by atoms with van der Waals surface area (Å²) in [5.41, 5.74) is 2.09. The molecule has 2 rings (SSSR count). The van der Waals surface area contributed by atoms with Gasteiger partial charge in [-0.15, -0.1) is 0 Å². The molecule has 3 N–H and O–H groups in total. The maximum absolute atomic E-state index is 12.4. The number of hydrogen-bond donors (Lipinski definition) is 3. The molecule has 0 fully saturated rings. The van der Waals surface area contributed by atoms with E-state index in [1.165, 1.54) is 17.8 Å². The lowest BCUT2D eigenvalue weighted by Gasteiger charge is -2.22. The Bertz CT molecular complexity index is 811. The van der Waals surface area contributed by atoms with Crippen molar-refractivity contribution in [2.24, 2.45) is 0 Å². The molecular formula is C18H23N5O4. The Labute approximate surface area is 157 Å². The van der Waals surface area contributed by atoms with Crippen LogP contribution in [-0.4, -0.2) is 39.2 Å². The van der Waals surface area contributed by atoms with Crippen LogP contribution in [0.15, 0.2) is 42.7 Å². The number of ether oxygens (including phenoxy) is 1. The van der Waals surface area contributed by atoms with Crippen LogP contribution >= 0.6 is 0 Å². The maximum atomic E-state index is 12.4. The van der Waals surface area contributed by atoms with Crippen molar-refractivity contribution in [2.45, 2.75) is 39.3 Å². The number of amides is 3. The molecule has 0 aromatic carbocycles. The Morgan fingerprint density at radius 3 is 2.52 bits per heavy atom. The molecule has 9 nitrogen and oxygen atoms in total. The lowest BCUT2D eigenvalue weighted by molar-refractivity contribution is -0.118. The van der Waals surface area contributed by atoms with Crippen molar-refractivity contribution in [1.29, 1.82) is 0 Å². The third-order valence-electron chi connectivity index (χ3n) is 3.25. The summed E-state index contributed by atoms with van der Waals surface area (Å²) in [7, 11) is 0. The molecule has 0 bridgehead atoms. The number of nitrogens with zero attached hydrogens (tertiary/aromatic N) is 2. The molecule has 0 aliphatic heterocycles. The minimum atomic E-state index is -0.867. The van der Waals surface area contributed by atoms with E-state index in [1.54, 1.807) is 57.3 Å². The van der Waals surface area contributed by atoms with Gasteiger partial charge in [0.15, 0.2) is 0 Å². The number of anilines is 1. The first kappa shape index (κ1) is 20.0. The van der Waals surface area contributed by atoms with E-state index >= 15 is 0 Å². The second-order valence-corrected chi connectivity index (χ2v) is 6.78. The summed E-state index contributed by atoms with van der Waals surface area (Å²) in [4.78, 5) is 40.4. The first-order valence-electron chi connectivity index (χ1n) is 8.36. The van der Waals surface area contributed by atoms with Gasteiger partial charge in [-0.1, -0.05) is 6.07 Å². The number of pyridine rings is 1. The predicted molar refractivity (Wildman–Crippen MR) is 99.8 cm³/mol. The van der Waals surface area contributed by atoms with Gasteiger partial charge in [-0.3, -0.25) is 19.7 Å². The van der Waals surface area contributed by atoms with E-state index in [-0.39, 0.29) is 5.69 Å². The molecule has 2 aromatic heterocycles.